The summed E-state index contributed by atoms with van der Waals surface area (Å²) in [5.74, 6) is -0.442. The van der Waals surface area contributed by atoms with E-state index in [-0.39, 0.29) is 16.8 Å². The van der Waals surface area contributed by atoms with Crippen LogP contribution in [-0.2, 0) is 4.79 Å². The highest BCUT2D eigenvalue weighted by Gasteiger charge is 2.33. The minimum absolute atomic E-state index is 0.235. The predicted molar refractivity (Wildman–Crippen MR) is 63.0 cm³/mol. The molecule has 0 aliphatic rings. The Morgan fingerprint density at radius 3 is 2.38 bits per heavy atom. The van der Waals surface area contributed by atoms with Crippen molar-refractivity contribution in [2.45, 2.75) is 30.2 Å². The van der Waals surface area contributed by atoms with Gasteiger partial charge in [-0.15, -0.1) is 0 Å². The van der Waals surface area contributed by atoms with Crippen molar-refractivity contribution in [1.82, 2.24) is 9.97 Å². The van der Waals surface area contributed by atoms with Crippen molar-refractivity contribution < 1.29 is 9.90 Å². The van der Waals surface area contributed by atoms with Crippen molar-refractivity contribution in [3.05, 3.63) is 6.07 Å². The summed E-state index contributed by atoms with van der Waals surface area (Å²) < 4.78 is -0.972. The zero-order chi connectivity index (χ0) is 12.3. The number of carboxylic acid groups (broad SMARTS) is 1. The molecule has 1 aromatic heterocycles. The lowest BCUT2D eigenvalue weighted by atomic mass is 10.1. The van der Waals surface area contributed by atoms with Gasteiger partial charge in [-0.3, -0.25) is 4.79 Å². The maximum absolute atomic E-state index is 11.1. The van der Waals surface area contributed by atoms with Crippen molar-refractivity contribution in [3.63, 3.8) is 0 Å². The second-order valence-electron chi connectivity index (χ2n) is 3.49. The number of rotatable bonds is 4. The van der Waals surface area contributed by atoms with Gasteiger partial charge in [0, 0.05) is 6.07 Å². The van der Waals surface area contributed by atoms with E-state index in [4.69, 9.17) is 16.6 Å². The van der Waals surface area contributed by atoms with E-state index in [0.29, 0.717) is 6.42 Å². The first-order valence-corrected chi connectivity index (χ1v) is 5.51. The average molecular weight is 242 g/mol. The van der Waals surface area contributed by atoms with Gasteiger partial charge in [0.2, 0.25) is 0 Å². The van der Waals surface area contributed by atoms with Gasteiger partial charge in [0.1, 0.15) is 16.4 Å². The monoisotopic (exact) mass is 242 g/mol. The minimum atomic E-state index is -0.972. The molecule has 0 bridgehead atoms. The first-order valence-electron chi connectivity index (χ1n) is 4.70. The third kappa shape index (κ3) is 2.75. The predicted octanol–water partition coefficient (Wildman–Crippen LogP) is 0.986. The Balaban J connectivity index is 2.99. The molecule has 0 radical (unpaired) electrons. The fourth-order valence-corrected chi connectivity index (χ4v) is 1.91. The molecule has 5 N–H and O–H groups in total. The highest BCUT2D eigenvalue weighted by atomic mass is 32.2. The maximum atomic E-state index is 11.1. The summed E-state index contributed by atoms with van der Waals surface area (Å²) in [7, 11) is 0. The van der Waals surface area contributed by atoms with Gasteiger partial charge < -0.3 is 16.6 Å². The highest BCUT2D eigenvalue weighted by molar-refractivity contribution is 8.01. The number of aromatic nitrogens is 2. The molecule has 0 saturated heterocycles. The van der Waals surface area contributed by atoms with Crippen LogP contribution in [-0.4, -0.2) is 25.8 Å². The van der Waals surface area contributed by atoms with E-state index >= 15 is 0 Å². The van der Waals surface area contributed by atoms with Crippen LogP contribution in [0.4, 0.5) is 11.6 Å². The lowest BCUT2D eigenvalue weighted by molar-refractivity contribution is -0.139. The summed E-state index contributed by atoms with van der Waals surface area (Å²) in [5.41, 5.74) is 11.0. The van der Waals surface area contributed by atoms with Gasteiger partial charge in [-0.1, -0.05) is 18.7 Å². The van der Waals surface area contributed by atoms with Gasteiger partial charge in [-0.25, -0.2) is 9.97 Å². The number of carboxylic acids is 1. The average Bonchev–Trinajstić information content (AvgIpc) is 2.15. The van der Waals surface area contributed by atoms with Crippen LogP contribution in [0.1, 0.15) is 20.3 Å². The largest absolute Gasteiger partial charge is 0.480 e. The number of anilines is 2. The summed E-state index contributed by atoms with van der Waals surface area (Å²) in [6.07, 6.45) is 0.449. The van der Waals surface area contributed by atoms with E-state index in [9.17, 15) is 4.79 Å². The van der Waals surface area contributed by atoms with Crippen LogP contribution in [0, 0.1) is 0 Å². The number of nitrogens with two attached hydrogens (primary N) is 2. The van der Waals surface area contributed by atoms with E-state index in [2.05, 4.69) is 9.97 Å². The van der Waals surface area contributed by atoms with Crippen molar-refractivity contribution in [1.29, 1.82) is 0 Å². The Kier molecular flexibility index (Phi) is 3.58. The minimum Gasteiger partial charge on any atom is -0.480 e. The number of nitrogen functional groups attached to an aromatic ring is 2. The molecule has 0 spiro atoms. The van der Waals surface area contributed by atoms with Crippen molar-refractivity contribution >= 4 is 29.4 Å². The fraction of sp³-hybridized carbons (Fsp3) is 0.444. The van der Waals surface area contributed by atoms with Gasteiger partial charge in [0.15, 0.2) is 5.16 Å². The Morgan fingerprint density at radius 2 is 2.00 bits per heavy atom. The molecule has 16 heavy (non-hydrogen) atoms. The molecule has 1 heterocycles. The van der Waals surface area contributed by atoms with E-state index in [0.717, 1.165) is 11.8 Å². The third-order valence-corrected chi connectivity index (χ3v) is 3.47. The molecular weight excluding hydrogens is 228 g/mol. The second-order valence-corrected chi connectivity index (χ2v) is 4.96. The third-order valence-electron chi connectivity index (χ3n) is 2.19. The van der Waals surface area contributed by atoms with Crippen LogP contribution < -0.4 is 11.5 Å². The van der Waals surface area contributed by atoms with E-state index in [1.54, 1.807) is 13.8 Å². The molecule has 1 aromatic rings. The summed E-state index contributed by atoms with van der Waals surface area (Å²) in [6.45, 7) is 3.40. The molecule has 1 rings (SSSR count). The number of aliphatic carboxylic acids is 1. The molecule has 7 heteroatoms. The van der Waals surface area contributed by atoms with Crippen LogP contribution in [0.25, 0.3) is 0 Å². The van der Waals surface area contributed by atoms with Crippen LogP contribution >= 0.6 is 11.8 Å². The molecule has 6 nitrogen and oxygen atoms in total. The first kappa shape index (κ1) is 12.6. The van der Waals surface area contributed by atoms with Crippen LogP contribution in [0.2, 0.25) is 0 Å². The molecule has 0 saturated carbocycles. The molecule has 0 amide bonds. The fourth-order valence-electron chi connectivity index (χ4n) is 0.976. The molecule has 0 fully saturated rings. The zero-order valence-electron chi connectivity index (χ0n) is 9.10. The highest BCUT2D eigenvalue weighted by Crippen LogP contribution is 2.34. The molecule has 0 aliphatic heterocycles. The molecule has 88 valence electrons. The van der Waals surface area contributed by atoms with Crippen LogP contribution in [0.15, 0.2) is 11.2 Å². The van der Waals surface area contributed by atoms with Gasteiger partial charge in [0.25, 0.3) is 0 Å². The van der Waals surface area contributed by atoms with E-state index < -0.39 is 10.7 Å². The maximum Gasteiger partial charge on any atom is 0.319 e. The molecule has 0 aliphatic carbocycles. The SMILES string of the molecule is CCC(C)(Sc1nc(N)cc(N)n1)C(=O)O. The number of nitrogens with zero attached hydrogens (tertiary/aromatic N) is 2. The summed E-state index contributed by atoms with van der Waals surface area (Å²) in [5, 5.41) is 9.38. The molecule has 0 aromatic carbocycles. The van der Waals surface area contributed by atoms with Gasteiger partial charge >= 0.3 is 5.97 Å². The zero-order valence-corrected chi connectivity index (χ0v) is 9.91. The van der Waals surface area contributed by atoms with Gasteiger partial charge in [0.05, 0.1) is 0 Å². The molecule has 1 atom stereocenters. The van der Waals surface area contributed by atoms with Gasteiger partial charge in [-0.2, -0.15) is 0 Å². The van der Waals surface area contributed by atoms with Crippen molar-refractivity contribution in [2.24, 2.45) is 0 Å². The molecule has 1 unspecified atom stereocenters. The van der Waals surface area contributed by atoms with Crippen LogP contribution in [0.3, 0.4) is 0 Å². The molecular formula is C9H14N4O2S. The van der Waals surface area contributed by atoms with E-state index in [1.165, 1.54) is 6.07 Å². The Morgan fingerprint density at radius 1 is 1.50 bits per heavy atom. The smallest absolute Gasteiger partial charge is 0.319 e. The summed E-state index contributed by atoms with van der Waals surface area (Å²) in [6, 6.07) is 1.42. The second kappa shape index (κ2) is 4.56. The lowest BCUT2D eigenvalue weighted by Crippen LogP contribution is -2.30. The van der Waals surface area contributed by atoms with Crippen molar-refractivity contribution in [3.8, 4) is 0 Å². The normalized spacial score (nSPS) is 14.4. The topological polar surface area (TPSA) is 115 Å². The number of carbonyl (C=O) groups is 1. The van der Waals surface area contributed by atoms with Gasteiger partial charge in [-0.05, 0) is 13.3 Å². The first-order chi connectivity index (χ1) is 7.37. The van der Waals surface area contributed by atoms with E-state index in [1.807, 2.05) is 0 Å². The Labute approximate surface area is 97.5 Å². The summed E-state index contributed by atoms with van der Waals surface area (Å²) >= 11 is 1.05. The quantitative estimate of drug-likeness (QED) is 0.532. The Bertz CT molecular complexity index is 392. The van der Waals surface area contributed by atoms with Crippen molar-refractivity contribution in [2.75, 3.05) is 11.5 Å². The number of thioether (sulfide) groups is 1. The lowest BCUT2D eigenvalue weighted by Gasteiger charge is -2.20. The van der Waals surface area contributed by atoms with Crippen LogP contribution in [0.5, 0.6) is 0 Å². The Hall–Kier alpha value is -1.50. The number of hydrogen-bond donors (Lipinski definition) is 3. The standard InChI is InChI=1S/C9H14N4O2S/c1-3-9(2,7(14)15)16-8-12-5(10)4-6(11)13-8/h4H,3H2,1-2H3,(H,14,15)(H4,10,11,12,13). The summed E-state index contributed by atoms with van der Waals surface area (Å²) in [4.78, 5) is 19.0. The number of hydrogen-bond acceptors (Lipinski definition) is 6.